The highest BCUT2D eigenvalue weighted by Gasteiger charge is 2.31. The molecule has 1 heterocycles. The van der Waals surface area contributed by atoms with Crippen LogP contribution in [0.15, 0.2) is 66.7 Å². The third kappa shape index (κ3) is 7.86. The third-order valence-corrected chi connectivity index (χ3v) is 7.09. The number of rotatable bonds is 9. The number of nitrogens with one attached hydrogen (secondary N) is 3. The summed E-state index contributed by atoms with van der Waals surface area (Å²) < 4.78 is 42.9. The number of fused-ring (bicyclic) bond motifs is 1. The molecule has 0 aliphatic carbocycles. The highest BCUT2D eigenvalue weighted by Crippen LogP contribution is 2.27. The number of nitrogens with zero attached hydrogens (tertiary/aromatic N) is 1. The Balaban J connectivity index is 1.45. The molecule has 0 saturated heterocycles. The van der Waals surface area contributed by atoms with Crippen LogP contribution in [0.2, 0.25) is 5.02 Å². The zero-order valence-corrected chi connectivity index (χ0v) is 24.6. The van der Waals surface area contributed by atoms with Gasteiger partial charge in [-0.25, -0.2) is 0 Å². The topological polar surface area (TPSA) is 101 Å². The SMILES string of the molecule is CC(C)C(=O)NCc1ccc(Cl)c(C(=O)Nc2ccc3c(c2)cc(C(=O)N[C@H](C)c2ccc(OC(F)(F)F)cc2)n3C)c1. The fourth-order valence-electron chi connectivity index (χ4n) is 4.41. The molecule has 4 rings (SSSR count). The van der Waals surface area contributed by atoms with Crippen LogP contribution in [0.4, 0.5) is 18.9 Å². The second-order valence-corrected chi connectivity index (χ2v) is 10.7. The van der Waals surface area contributed by atoms with Crippen LogP contribution in [0.3, 0.4) is 0 Å². The number of alkyl halides is 3. The van der Waals surface area contributed by atoms with E-state index in [-0.39, 0.29) is 40.6 Å². The monoisotopic (exact) mass is 614 g/mol. The van der Waals surface area contributed by atoms with Gasteiger partial charge in [0.15, 0.2) is 0 Å². The first kappa shape index (κ1) is 31.4. The number of carbonyl (C=O) groups is 3. The summed E-state index contributed by atoms with van der Waals surface area (Å²) in [7, 11) is 1.73. The third-order valence-electron chi connectivity index (χ3n) is 6.76. The molecule has 1 aromatic heterocycles. The van der Waals surface area contributed by atoms with E-state index in [1.165, 1.54) is 24.3 Å². The molecule has 226 valence electrons. The predicted octanol–water partition coefficient (Wildman–Crippen LogP) is 6.75. The van der Waals surface area contributed by atoms with Crippen molar-refractivity contribution >= 4 is 45.9 Å². The molecule has 0 radical (unpaired) electrons. The first-order valence-corrected chi connectivity index (χ1v) is 13.7. The maximum absolute atomic E-state index is 13.1. The standard InChI is InChI=1S/C31H30ClF3N4O4/c1-17(2)28(40)36-16-19-5-11-25(32)24(13-19)29(41)38-22-8-12-26-21(14-22)15-27(39(26)4)30(42)37-18(3)20-6-9-23(10-7-20)43-31(33,34)35/h5-15,17-18H,16H2,1-4H3,(H,36,40)(H,37,42)(H,38,41)/t18-/m1/s1. The van der Waals surface area contributed by atoms with Gasteiger partial charge in [-0.05, 0) is 66.6 Å². The van der Waals surface area contributed by atoms with Gasteiger partial charge in [-0.2, -0.15) is 0 Å². The fourth-order valence-corrected chi connectivity index (χ4v) is 4.61. The van der Waals surface area contributed by atoms with Crippen LogP contribution in [-0.4, -0.2) is 28.7 Å². The summed E-state index contributed by atoms with van der Waals surface area (Å²) in [5.74, 6) is -1.44. The van der Waals surface area contributed by atoms with E-state index in [0.717, 1.165) is 11.1 Å². The van der Waals surface area contributed by atoms with Gasteiger partial charge in [-0.1, -0.05) is 43.6 Å². The minimum absolute atomic E-state index is 0.103. The first-order valence-electron chi connectivity index (χ1n) is 13.4. The maximum atomic E-state index is 13.1. The second-order valence-electron chi connectivity index (χ2n) is 10.3. The van der Waals surface area contributed by atoms with Crippen molar-refractivity contribution in [2.45, 2.75) is 39.7 Å². The van der Waals surface area contributed by atoms with Gasteiger partial charge in [0.25, 0.3) is 11.8 Å². The van der Waals surface area contributed by atoms with E-state index < -0.39 is 18.3 Å². The maximum Gasteiger partial charge on any atom is 0.573 e. The normalized spacial score (nSPS) is 12.2. The fraction of sp³-hybridized carbons (Fsp3) is 0.258. The van der Waals surface area contributed by atoms with Crippen LogP contribution < -0.4 is 20.7 Å². The number of hydrogen-bond acceptors (Lipinski definition) is 4. The van der Waals surface area contributed by atoms with Gasteiger partial charge < -0.3 is 25.3 Å². The lowest BCUT2D eigenvalue weighted by Gasteiger charge is -2.16. The second kappa shape index (κ2) is 12.8. The number of ether oxygens (including phenoxy) is 1. The molecule has 0 spiro atoms. The van der Waals surface area contributed by atoms with E-state index in [0.29, 0.717) is 22.3 Å². The van der Waals surface area contributed by atoms with E-state index in [9.17, 15) is 27.6 Å². The molecule has 0 bridgehead atoms. The van der Waals surface area contributed by atoms with Gasteiger partial charge in [0.2, 0.25) is 5.91 Å². The first-order chi connectivity index (χ1) is 20.2. The Kier molecular flexibility index (Phi) is 9.34. The number of benzene rings is 3. The molecule has 4 aromatic rings. The lowest BCUT2D eigenvalue weighted by atomic mass is 10.1. The molecule has 3 aromatic carbocycles. The van der Waals surface area contributed by atoms with E-state index in [2.05, 4.69) is 20.7 Å². The molecular weight excluding hydrogens is 585 g/mol. The van der Waals surface area contributed by atoms with Gasteiger partial charge in [0.1, 0.15) is 11.4 Å². The van der Waals surface area contributed by atoms with Crippen molar-refractivity contribution in [1.82, 2.24) is 15.2 Å². The lowest BCUT2D eigenvalue weighted by Crippen LogP contribution is -2.28. The molecule has 12 heteroatoms. The molecule has 0 aliphatic rings. The molecule has 0 unspecified atom stereocenters. The lowest BCUT2D eigenvalue weighted by molar-refractivity contribution is -0.274. The molecule has 8 nitrogen and oxygen atoms in total. The zero-order valence-electron chi connectivity index (χ0n) is 23.8. The molecule has 1 atom stereocenters. The highest BCUT2D eigenvalue weighted by molar-refractivity contribution is 6.34. The Morgan fingerprint density at radius 3 is 2.28 bits per heavy atom. The summed E-state index contributed by atoms with van der Waals surface area (Å²) >= 11 is 6.30. The number of hydrogen-bond donors (Lipinski definition) is 3. The van der Waals surface area contributed by atoms with E-state index in [1.807, 2.05) is 0 Å². The Morgan fingerprint density at radius 1 is 0.930 bits per heavy atom. The molecular formula is C31H30ClF3N4O4. The van der Waals surface area contributed by atoms with Crippen LogP contribution >= 0.6 is 11.6 Å². The smallest absolute Gasteiger partial charge is 0.406 e. The molecule has 3 amide bonds. The van der Waals surface area contributed by atoms with Crippen molar-refractivity contribution in [2.24, 2.45) is 13.0 Å². The van der Waals surface area contributed by atoms with E-state index >= 15 is 0 Å². The summed E-state index contributed by atoms with van der Waals surface area (Å²) in [5, 5.41) is 9.45. The average Bonchev–Trinajstić information content (AvgIpc) is 3.27. The Morgan fingerprint density at radius 2 is 1.63 bits per heavy atom. The zero-order chi connectivity index (χ0) is 31.5. The summed E-state index contributed by atoms with van der Waals surface area (Å²) in [6.45, 7) is 5.55. The summed E-state index contributed by atoms with van der Waals surface area (Å²) in [4.78, 5) is 38.1. The van der Waals surface area contributed by atoms with Gasteiger partial charge >= 0.3 is 6.36 Å². The number of aromatic nitrogens is 1. The van der Waals surface area contributed by atoms with Crippen molar-refractivity contribution in [3.63, 3.8) is 0 Å². The van der Waals surface area contributed by atoms with Crippen LogP contribution in [-0.2, 0) is 18.4 Å². The Hall–Kier alpha value is -4.51. The largest absolute Gasteiger partial charge is 0.573 e. The Labute approximate surface area is 251 Å². The minimum atomic E-state index is -4.79. The van der Waals surface area contributed by atoms with Gasteiger partial charge in [-0.3, -0.25) is 14.4 Å². The van der Waals surface area contributed by atoms with Crippen molar-refractivity contribution in [1.29, 1.82) is 0 Å². The molecule has 43 heavy (non-hydrogen) atoms. The molecule has 0 aliphatic heterocycles. The minimum Gasteiger partial charge on any atom is -0.406 e. The number of aryl methyl sites for hydroxylation is 1. The van der Waals surface area contributed by atoms with Crippen LogP contribution in [0.5, 0.6) is 5.75 Å². The van der Waals surface area contributed by atoms with Crippen molar-refractivity contribution in [3.05, 3.63) is 94.1 Å². The number of carbonyl (C=O) groups excluding carboxylic acids is 3. The van der Waals surface area contributed by atoms with Crippen molar-refractivity contribution in [2.75, 3.05) is 5.32 Å². The van der Waals surface area contributed by atoms with E-state index in [4.69, 9.17) is 11.6 Å². The van der Waals surface area contributed by atoms with Crippen molar-refractivity contribution < 1.29 is 32.3 Å². The molecule has 0 saturated carbocycles. The summed E-state index contributed by atoms with van der Waals surface area (Å²) in [6.07, 6.45) is -4.79. The van der Waals surface area contributed by atoms with Crippen LogP contribution in [0.25, 0.3) is 10.9 Å². The predicted molar refractivity (Wildman–Crippen MR) is 158 cm³/mol. The van der Waals surface area contributed by atoms with Crippen LogP contribution in [0.1, 0.15) is 58.8 Å². The molecule has 3 N–H and O–H groups in total. The number of anilines is 1. The van der Waals surface area contributed by atoms with Crippen molar-refractivity contribution in [3.8, 4) is 5.75 Å². The number of amides is 3. The van der Waals surface area contributed by atoms with Crippen LogP contribution in [0, 0.1) is 5.92 Å². The number of halogens is 4. The Bertz CT molecular complexity index is 1670. The average molecular weight is 615 g/mol. The van der Waals surface area contributed by atoms with Gasteiger partial charge in [0, 0.05) is 36.1 Å². The highest BCUT2D eigenvalue weighted by atomic mass is 35.5. The summed E-state index contributed by atoms with van der Waals surface area (Å²) in [6, 6.07) is 16.6. The molecule has 0 fully saturated rings. The van der Waals surface area contributed by atoms with Gasteiger partial charge in [0.05, 0.1) is 16.6 Å². The van der Waals surface area contributed by atoms with E-state index in [1.54, 1.807) is 74.9 Å². The van der Waals surface area contributed by atoms with Gasteiger partial charge in [-0.15, -0.1) is 13.2 Å². The summed E-state index contributed by atoms with van der Waals surface area (Å²) in [5.41, 5.74) is 3.14. The quantitative estimate of drug-likeness (QED) is 0.194.